The standard InChI is InChI=1S/C13H24N2O2/c1-5-10(4)7-15-8-12(16)14-11(13(15)17)6-9(2)3/h9-11H,5-8H2,1-4H3,(H,14,16). The zero-order chi connectivity index (χ0) is 13.0. The molecule has 1 rings (SSSR count). The summed E-state index contributed by atoms with van der Waals surface area (Å²) in [5, 5.41) is 2.79. The summed E-state index contributed by atoms with van der Waals surface area (Å²) < 4.78 is 0. The van der Waals surface area contributed by atoms with E-state index < -0.39 is 0 Å². The van der Waals surface area contributed by atoms with Gasteiger partial charge in [-0.2, -0.15) is 0 Å². The van der Waals surface area contributed by atoms with E-state index in [4.69, 9.17) is 0 Å². The number of piperazine rings is 1. The number of rotatable bonds is 5. The zero-order valence-corrected chi connectivity index (χ0v) is 11.3. The number of carbonyl (C=O) groups excluding carboxylic acids is 2. The van der Waals surface area contributed by atoms with E-state index in [0.29, 0.717) is 18.4 Å². The third-order valence-electron chi connectivity index (χ3n) is 3.22. The SMILES string of the molecule is CCC(C)CN1CC(=O)NC(CC(C)C)C1=O. The summed E-state index contributed by atoms with van der Waals surface area (Å²) in [5.41, 5.74) is 0. The van der Waals surface area contributed by atoms with Crippen LogP contribution in [-0.2, 0) is 9.59 Å². The predicted molar refractivity (Wildman–Crippen MR) is 67.4 cm³/mol. The fourth-order valence-corrected chi connectivity index (χ4v) is 2.06. The van der Waals surface area contributed by atoms with E-state index >= 15 is 0 Å². The molecule has 0 aliphatic carbocycles. The molecule has 1 aliphatic heterocycles. The van der Waals surface area contributed by atoms with Crippen molar-refractivity contribution in [1.82, 2.24) is 10.2 Å². The molecule has 0 radical (unpaired) electrons. The average Bonchev–Trinajstić information content (AvgIpc) is 2.23. The Morgan fingerprint density at radius 2 is 2.00 bits per heavy atom. The highest BCUT2D eigenvalue weighted by Gasteiger charge is 2.33. The van der Waals surface area contributed by atoms with Crippen LogP contribution < -0.4 is 5.32 Å². The van der Waals surface area contributed by atoms with Gasteiger partial charge < -0.3 is 10.2 Å². The molecule has 0 spiro atoms. The van der Waals surface area contributed by atoms with Gasteiger partial charge in [-0.3, -0.25) is 9.59 Å². The Hall–Kier alpha value is -1.06. The average molecular weight is 240 g/mol. The van der Waals surface area contributed by atoms with E-state index in [2.05, 4.69) is 33.0 Å². The van der Waals surface area contributed by atoms with E-state index in [0.717, 1.165) is 12.8 Å². The van der Waals surface area contributed by atoms with Crippen molar-refractivity contribution in [1.29, 1.82) is 0 Å². The van der Waals surface area contributed by atoms with Gasteiger partial charge in [0.25, 0.3) is 0 Å². The van der Waals surface area contributed by atoms with Crippen molar-refractivity contribution in [3.63, 3.8) is 0 Å². The number of hydrogen-bond donors (Lipinski definition) is 1. The van der Waals surface area contributed by atoms with Gasteiger partial charge in [0.1, 0.15) is 6.04 Å². The lowest BCUT2D eigenvalue weighted by Gasteiger charge is -2.34. The Morgan fingerprint density at radius 3 is 2.53 bits per heavy atom. The largest absolute Gasteiger partial charge is 0.343 e. The molecule has 1 N–H and O–H groups in total. The summed E-state index contributed by atoms with van der Waals surface area (Å²) >= 11 is 0. The van der Waals surface area contributed by atoms with Gasteiger partial charge in [0, 0.05) is 6.54 Å². The van der Waals surface area contributed by atoms with Gasteiger partial charge in [-0.15, -0.1) is 0 Å². The molecule has 4 heteroatoms. The van der Waals surface area contributed by atoms with Crippen molar-refractivity contribution < 1.29 is 9.59 Å². The minimum atomic E-state index is -0.319. The molecule has 0 saturated carbocycles. The summed E-state index contributed by atoms with van der Waals surface area (Å²) in [4.78, 5) is 25.5. The molecular weight excluding hydrogens is 216 g/mol. The van der Waals surface area contributed by atoms with Crippen LogP contribution in [-0.4, -0.2) is 35.8 Å². The molecule has 2 amide bonds. The van der Waals surface area contributed by atoms with Gasteiger partial charge in [0.05, 0.1) is 6.54 Å². The summed E-state index contributed by atoms with van der Waals surface area (Å²) in [6, 6.07) is -0.319. The first-order chi connectivity index (χ1) is 7.93. The summed E-state index contributed by atoms with van der Waals surface area (Å²) in [6.45, 7) is 9.25. The van der Waals surface area contributed by atoms with Crippen LogP contribution in [0, 0.1) is 11.8 Å². The van der Waals surface area contributed by atoms with E-state index in [1.165, 1.54) is 0 Å². The van der Waals surface area contributed by atoms with Crippen molar-refractivity contribution in [2.75, 3.05) is 13.1 Å². The molecule has 0 aromatic heterocycles. The zero-order valence-electron chi connectivity index (χ0n) is 11.3. The quantitative estimate of drug-likeness (QED) is 0.790. The highest BCUT2D eigenvalue weighted by molar-refractivity contribution is 5.94. The van der Waals surface area contributed by atoms with Crippen LogP contribution in [0.3, 0.4) is 0 Å². The third-order valence-corrected chi connectivity index (χ3v) is 3.22. The second-order valence-corrected chi connectivity index (χ2v) is 5.48. The molecule has 0 aromatic carbocycles. The van der Waals surface area contributed by atoms with Crippen LogP contribution in [0.25, 0.3) is 0 Å². The Labute approximate surface area is 104 Å². The number of hydrogen-bond acceptors (Lipinski definition) is 2. The van der Waals surface area contributed by atoms with E-state index in [9.17, 15) is 9.59 Å². The highest BCUT2D eigenvalue weighted by Crippen LogP contribution is 2.14. The molecule has 4 nitrogen and oxygen atoms in total. The highest BCUT2D eigenvalue weighted by atomic mass is 16.2. The van der Waals surface area contributed by atoms with Gasteiger partial charge in [0.2, 0.25) is 11.8 Å². The molecule has 1 aliphatic rings. The Morgan fingerprint density at radius 1 is 1.35 bits per heavy atom. The van der Waals surface area contributed by atoms with Gasteiger partial charge in [-0.1, -0.05) is 34.1 Å². The molecular formula is C13H24N2O2. The second-order valence-electron chi connectivity index (χ2n) is 5.48. The maximum absolute atomic E-state index is 12.2. The molecule has 1 heterocycles. The summed E-state index contributed by atoms with van der Waals surface area (Å²) in [7, 11) is 0. The van der Waals surface area contributed by atoms with Crippen LogP contribution in [0.5, 0.6) is 0 Å². The van der Waals surface area contributed by atoms with Crippen molar-refractivity contribution >= 4 is 11.8 Å². The van der Waals surface area contributed by atoms with Gasteiger partial charge in [-0.25, -0.2) is 0 Å². The monoisotopic (exact) mass is 240 g/mol. The number of nitrogens with one attached hydrogen (secondary N) is 1. The van der Waals surface area contributed by atoms with Crippen LogP contribution in [0.2, 0.25) is 0 Å². The Kier molecular flexibility index (Phi) is 4.97. The molecule has 2 unspecified atom stereocenters. The van der Waals surface area contributed by atoms with Crippen LogP contribution in [0.4, 0.5) is 0 Å². The molecule has 1 saturated heterocycles. The fourth-order valence-electron chi connectivity index (χ4n) is 2.06. The lowest BCUT2D eigenvalue weighted by atomic mass is 10.00. The first-order valence-corrected chi connectivity index (χ1v) is 6.52. The Bertz CT molecular complexity index is 289. The van der Waals surface area contributed by atoms with E-state index in [-0.39, 0.29) is 24.4 Å². The second kappa shape index (κ2) is 6.03. The van der Waals surface area contributed by atoms with Gasteiger partial charge in [-0.05, 0) is 18.3 Å². The maximum atomic E-state index is 12.2. The number of nitrogens with zero attached hydrogens (tertiary/aromatic N) is 1. The smallest absolute Gasteiger partial charge is 0.245 e. The van der Waals surface area contributed by atoms with Crippen molar-refractivity contribution in [2.24, 2.45) is 11.8 Å². The third kappa shape index (κ3) is 4.02. The Balaban J connectivity index is 2.65. The molecule has 0 bridgehead atoms. The predicted octanol–water partition coefficient (Wildman–Crippen LogP) is 1.41. The maximum Gasteiger partial charge on any atom is 0.245 e. The first kappa shape index (κ1) is 14.0. The first-order valence-electron chi connectivity index (χ1n) is 6.52. The molecule has 1 fully saturated rings. The topological polar surface area (TPSA) is 49.4 Å². The van der Waals surface area contributed by atoms with Crippen molar-refractivity contribution in [3.05, 3.63) is 0 Å². The molecule has 0 aromatic rings. The summed E-state index contributed by atoms with van der Waals surface area (Å²) in [5.74, 6) is 0.912. The van der Waals surface area contributed by atoms with Crippen molar-refractivity contribution in [2.45, 2.75) is 46.6 Å². The molecule has 2 atom stereocenters. The van der Waals surface area contributed by atoms with Crippen LogP contribution in [0.1, 0.15) is 40.5 Å². The lowest BCUT2D eigenvalue weighted by molar-refractivity contribution is -0.145. The summed E-state index contributed by atoms with van der Waals surface area (Å²) in [6.07, 6.45) is 1.75. The minimum absolute atomic E-state index is 0.0291. The lowest BCUT2D eigenvalue weighted by Crippen LogP contribution is -2.58. The van der Waals surface area contributed by atoms with Crippen molar-refractivity contribution in [3.8, 4) is 0 Å². The minimum Gasteiger partial charge on any atom is -0.343 e. The molecule has 17 heavy (non-hydrogen) atoms. The number of amides is 2. The van der Waals surface area contributed by atoms with E-state index in [1.54, 1.807) is 4.90 Å². The van der Waals surface area contributed by atoms with Gasteiger partial charge >= 0.3 is 0 Å². The van der Waals surface area contributed by atoms with Crippen LogP contribution >= 0.6 is 0 Å². The molecule has 98 valence electrons. The number of carbonyl (C=O) groups is 2. The van der Waals surface area contributed by atoms with E-state index in [1.807, 2.05) is 0 Å². The normalized spacial score (nSPS) is 22.9. The van der Waals surface area contributed by atoms with Gasteiger partial charge in [0.15, 0.2) is 0 Å². The van der Waals surface area contributed by atoms with Crippen LogP contribution in [0.15, 0.2) is 0 Å². The fraction of sp³-hybridized carbons (Fsp3) is 0.846.